The second-order valence-electron chi connectivity index (χ2n) is 3.51. The quantitative estimate of drug-likeness (QED) is 0.843. The van der Waals surface area contributed by atoms with Crippen molar-refractivity contribution >= 4 is 29.0 Å². The second kappa shape index (κ2) is 5.37. The highest BCUT2D eigenvalue weighted by Crippen LogP contribution is 2.16. The molecule has 2 rings (SSSR count). The minimum atomic E-state index is 0.0319. The Balaban J connectivity index is 1.82. The molecule has 1 aliphatic rings. The van der Waals surface area contributed by atoms with Crippen molar-refractivity contribution < 1.29 is 9.47 Å². The number of nitrogens with one attached hydrogen (secondary N) is 1. The molecule has 0 aliphatic carbocycles. The van der Waals surface area contributed by atoms with E-state index in [4.69, 9.17) is 33.3 Å². The number of hydrogen-bond acceptors (Lipinski definition) is 3. The molecule has 0 spiro atoms. The van der Waals surface area contributed by atoms with Crippen LogP contribution in [-0.4, -0.2) is 24.4 Å². The van der Waals surface area contributed by atoms with Crippen molar-refractivity contribution in [2.75, 3.05) is 13.2 Å². The van der Waals surface area contributed by atoms with Gasteiger partial charge in [-0.15, -0.1) is 0 Å². The number of hydrogen-bond donors (Lipinski definition) is 1. The first-order valence-electron chi connectivity index (χ1n) is 5.07. The number of ether oxygens (including phenoxy) is 2. The van der Waals surface area contributed by atoms with Crippen molar-refractivity contribution in [3.63, 3.8) is 0 Å². The Morgan fingerprint density at radius 3 is 2.88 bits per heavy atom. The van der Waals surface area contributed by atoms with E-state index in [0.717, 1.165) is 18.7 Å². The third-order valence-electron chi connectivity index (χ3n) is 2.26. The summed E-state index contributed by atoms with van der Waals surface area (Å²) in [6, 6.07) is 7.26. The normalized spacial score (nSPS) is 19.8. The van der Waals surface area contributed by atoms with Crippen molar-refractivity contribution in [2.45, 2.75) is 12.5 Å². The summed E-state index contributed by atoms with van der Waals surface area (Å²) in [5.41, 5.74) is 0. The van der Waals surface area contributed by atoms with Gasteiger partial charge in [0.2, 0.25) is 0 Å². The van der Waals surface area contributed by atoms with Crippen molar-refractivity contribution in [3.05, 3.63) is 29.3 Å². The maximum Gasteiger partial charge on any atom is 0.257 e. The van der Waals surface area contributed by atoms with Crippen LogP contribution in [0.15, 0.2) is 24.3 Å². The molecular weight excluding hydrogens is 246 g/mol. The van der Waals surface area contributed by atoms with Crippen LogP contribution in [-0.2, 0) is 4.74 Å². The summed E-state index contributed by atoms with van der Waals surface area (Å²) in [6.45, 7) is 1.34. The van der Waals surface area contributed by atoms with E-state index in [0.29, 0.717) is 16.8 Å². The molecule has 1 fully saturated rings. The Bertz CT molecular complexity index is 369. The summed E-state index contributed by atoms with van der Waals surface area (Å²) in [5, 5.41) is 4.11. The fourth-order valence-corrected chi connectivity index (χ4v) is 1.79. The largest absolute Gasteiger partial charge is 0.490 e. The van der Waals surface area contributed by atoms with Crippen molar-refractivity contribution in [3.8, 4) is 5.75 Å². The van der Waals surface area contributed by atoms with E-state index in [2.05, 4.69) is 5.32 Å². The molecule has 0 radical (unpaired) electrons. The van der Waals surface area contributed by atoms with Crippen molar-refractivity contribution in [1.29, 1.82) is 0 Å². The Morgan fingerprint density at radius 1 is 1.44 bits per heavy atom. The highest BCUT2D eigenvalue weighted by atomic mass is 35.5. The summed E-state index contributed by atoms with van der Waals surface area (Å²) in [5.74, 6) is 0.789. The zero-order valence-electron chi connectivity index (χ0n) is 8.61. The number of halogens is 1. The molecule has 0 amide bonds. The minimum absolute atomic E-state index is 0.0319. The number of rotatable bonds is 3. The first-order chi connectivity index (χ1) is 7.74. The smallest absolute Gasteiger partial charge is 0.257 e. The van der Waals surface area contributed by atoms with E-state index in [1.807, 2.05) is 12.1 Å². The van der Waals surface area contributed by atoms with Gasteiger partial charge >= 0.3 is 0 Å². The Labute approximate surface area is 105 Å². The average molecular weight is 258 g/mol. The molecule has 0 bridgehead atoms. The summed E-state index contributed by atoms with van der Waals surface area (Å²) >= 11 is 10.7. The van der Waals surface area contributed by atoms with Gasteiger partial charge in [0.15, 0.2) is 0 Å². The predicted octanol–water partition coefficient (Wildman–Crippen LogP) is 2.38. The molecule has 1 saturated heterocycles. The molecule has 1 N–H and O–H groups in total. The summed E-state index contributed by atoms with van der Waals surface area (Å²) in [4.78, 5) is 0. The zero-order chi connectivity index (χ0) is 11.4. The molecule has 1 aliphatic heterocycles. The first kappa shape index (κ1) is 11.5. The SMILES string of the molecule is S=C1NCCC(COc2ccc(Cl)cc2)O1. The lowest BCUT2D eigenvalue weighted by Gasteiger charge is -2.25. The van der Waals surface area contributed by atoms with Gasteiger partial charge < -0.3 is 14.8 Å². The lowest BCUT2D eigenvalue weighted by molar-refractivity contribution is 0.0957. The fraction of sp³-hybridized carbons (Fsp3) is 0.364. The van der Waals surface area contributed by atoms with Crippen LogP contribution in [0.2, 0.25) is 5.02 Å². The van der Waals surface area contributed by atoms with E-state index in [1.165, 1.54) is 0 Å². The maximum atomic E-state index is 5.77. The molecule has 1 heterocycles. The number of benzene rings is 1. The molecule has 1 atom stereocenters. The van der Waals surface area contributed by atoms with Gasteiger partial charge in [-0.3, -0.25) is 0 Å². The Morgan fingerprint density at radius 2 is 2.19 bits per heavy atom. The minimum Gasteiger partial charge on any atom is -0.490 e. The lowest BCUT2D eigenvalue weighted by atomic mass is 10.2. The van der Waals surface area contributed by atoms with Gasteiger partial charge in [-0.05, 0) is 36.5 Å². The van der Waals surface area contributed by atoms with Crippen LogP contribution in [0.1, 0.15) is 6.42 Å². The third-order valence-corrected chi connectivity index (χ3v) is 2.75. The topological polar surface area (TPSA) is 30.5 Å². The first-order valence-corrected chi connectivity index (χ1v) is 5.85. The molecule has 0 aromatic heterocycles. The Hall–Kier alpha value is -1.00. The molecule has 3 nitrogen and oxygen atoms in total. The third kappa shape index (κ3) is 3.25. The fourth-order valence-electron chi connectivity index (χ4n) is 1.42. The van der Waals surface area contributed by atoms with Gasteiger partial charge in [0.25, 0.3) is 5.17 Å². The van der Waals surface area contributed by atoms with E-state index in [-0.39, 0.29) is 6.10 Å². The van der Waals surface area contributed by atoms with Gasteiger partial charge in [-0.1, -0.05) is 11.6 Å². The van der Waals surface area contributed by atoms with E-state index in [1.54, 1.807) is 12.1 Å². The van der Waals surface area contributed by atoms with E-state index in [9.17, 15) is 0 Å². The predicted molar refractivity (Wildman–Crippen MR) is 67.0 cm³/mol. The van der Waals surface area contributed by atoms with Crippen LogP contribution in [0.5, 0.6) is 5.75 Å². The molecular formula is C11H12ClNO2S. The van der Waals surface area contributed by atoms with Gasteiger partial charge in [-0.2, -0.15) is 0 Å². The summed E-state index contributed by atoms with van der Waals surface area (Å²) in [7, 11) is 0. The van der Waals surface area contributed by atoms with Crippen molar-refractivity contribution in [1.82, 2.24) is 5.32 Å². The zero-order valence-corrected chi connectivity index (χ0v) is 10.2. The molecule has 86 valence electrons. The average Bonchev–Trinajstić information content (AvgIpc) is 2.28. The van der Waals surface area contributed by atoms with Crippen LogP contribution >= 0.6 is 23.8 Å². The molecule has 5 heteroatoms. The standard InChI is InChI=1S/C11H12ClNO2S/c12-8-1-3-9(4-2-8)14-7-10-5-6-13-11(16)15-10/h1-4,10H,5-7H2,(H,13,16). The molecule has 0 saturated carbocycles. The van der Waals surface area contributed by atoms with Crippen LogP contribution in [0.25, 0.3) is 0 Å². The summed E-state index contributed by atoms with van der Waals surface area (Å²) in [6.07, 6.45) is 0.928. The molecule has 1 aromatic carbocycles. The van der Waals surface area contributed by atoms with Gasteiger partial charge in [0.05, 0.1) is 0 Å². The van der Waals surface area contributed by atoms with Crippen LogP contribution < -0.4 is 10.1 Å². The maximum absolute atomic E-state index is 5.77. The van der Waals surface area contributed by atoms with Gasteiger partial charge in [-0.25, -0.2) is 0 Å². The van der Waals surface area contributed by atoms with Crippen molar-refractivity contribution in [2.24, 2.45) is 0 Å². The van der Waals surface area contributed by atoms with Crippen LogP contribution in [0, 0.1) is 0 Å². The van der Waals surface area contributed by atoms with Gasteiger partial charge in [0.1, 0.15) is 18.5 Å². The highest BCUT2D eigenvalue weighted by Gasteiger charge is 2.17. The Kier molecular flexibility index (Phi) is 3.85. The highest BCUT2D eigenvalue weighted by molar-refractivity contribution is 7.80. The van der Waals surface area contributed by atoms with E-state index < -0.39 is 0 Å². The lowest BCUT2D eigenvalue weighted by Crippen LogP contribution is -2.40. The van der Waals surface area contributed by atoms with Crippen LogP contribution in [0.3, 0.4) is 0 Å². The molecule has 1 unspecified atom stereocenters. The number of thiocarbonyl (C=S) groups is 1. The molecule has 1 aromatic rings. The van der Waals surface area contributed by atoms with E-state index >= 15 is 0 Å². The van der Waals surface area contributed by atoms with Gasteiger partial charge in [0, 0.05) is 18.0 Å². The second-order valence-corrected chi connectivity index (χ2v) is 4.31. The monoisotopic (exact) mass is 257 g/mol. The van der Waals surface area contributed by atoms with Crippen LogP contribution in [0.4, 0.5) is 0 Å². The summed E-state index contributed by atoms with van der Waals surface area (Å²) < 4.78 is 11.0. The molecule has 16 heavy (non-hydrogen) atoms.